The van der Waals surface area contributed by atoms with Crippen LogP contribution in [0, 0.1) is 5.41 Å². The summed E-state index contributed by atoms with van der Waals surface area (Å²) in [6.45, 7) is 13.3. The van der Waals surface area contributed by atoms with E-state index in [1.807, 2.05) is 4.57 Å². The number of aromatic amines is 1. The normalized spacial score (nSPS) is 26.4. The van der Waals surface area contributed by atoms with Crippen LogP contribution in [0.1, 0.15) is 78.0 Å². The molecular formula is C22H41N7O. The summed E-state index contributed by atoms with van der Waals surface area (Å²) in [6, 6.07) is 0.544. The number of unbranched alkanes of at least 4 members (excludes halogenated alkanes) is 1. The number of nitrogens with zero attached hydrogens (tertiary/aromatic N) is 4. The largest absolute Gasteiger partial charge is 0.386 e. The van der Waals surface area contributed by atoms with Crippen molar-refractivity contribution in [3.63, 3.8) is 0 Å². The third-order valence-electron chi connectivity index (χ3n) is 6.95. The van der Waals surface area contributed by atoms with Crippen molar-refractivity contribution in [2.45, 2.75) is 84.7 Å². The Bertz CT molecular complexity index is 782. The second kappa shape index (κ2) is 9.56. The first-order valence-electron chi connectivity index (χ1n) is 11.6. The van der Waals surface area contributed by atoms with Gasteiger partial charge in [0.15, 0.2) is 0 Å². The van der Waals surface area contributed by atoms with Crippen LogP contribution in [0.5, 0.6) is 0 Å². The van der Waals surface area contributed by atoms with Crippen molar-refractivity contribution in [3.8, 4) is 0 Å². The second-order valence-corrected chi connectivity index (χ2v) is 10.0. The summed E-state index contributed by atoms with van der Waals surface area (Å²) in [5.74, 6) is 1.58. The van der Waals surface area contributed by atoms with Crippen LogP contribution in [0.2, 0.25) is 0 Å². The maximum Gasteiger partial charge on any atom is 0.343 e. The Morgan fingerprint density at radius 3 is 2.57 bits per heavy atom. The maximum absolute atomic E-state index is 12.3. The van der Waals surface area contributed by atoms with Crippen LogP contribution in [-0.2, 0) is 6.54 Å². The van der Waals surface area contributed by atoms with Crippen LogP contribution in [0.25, 0.3) is 0 Å². The van der Waals surface area contributed by atoms with Gasteiger partial charge < -0.3 is 11.5 Å². The van der Waals surface area contributed by atoms with Crippen LogP contribution in [0.15, 0.2) is 16.2 Å². The predicted molar refractivity (Wildman–Crippen MR) is 121 cm³/mol. The van der Waals surface area contributed by atoms with Gasteiger partial charge in [0, 0.05) is 31.6 Å². The highest BCUT2D eigenvalue weighted by Crippen LogP contribution is 2.39. The number of hydrogen-bond donors (Lipinski definition) is 3. The number of hydrogen-bond acceptors (Lipinski definition) is 6. The van der Waals surface area contributed by atoms with Crippen molar-refractivity contribution in [2.24, 2.45) is 16.9 Å². The highest BCUT2D eigenvalue weighted by atomic mass is 16.1. The molecule has 1 aromatic heterocycles. The molecule has 30 heavy (non-hydrogen) atoms. The monoisotopic (exact) mass is 419 g/mol. The Morgan fingerprint density at radius 1 is 1.27 bits per heavy atom. The fourth-order valence-electron chi connectivity index (χ4n) is 5.01. The van der Waals surface area contributed by atoms with Crippen molar-refractivity contribution in [1.29, 1.82) is 0 Å². The highest BCUT2D eigenvalue weighted by Gasteiger charge is 2.36. The topological polar surface area (TPSA) is 109 Å². The van der Waals surface area contributed by atoms with Crippen LogP contribution in [-0.4, -0.2) is 56.9 Å². The van der Waals surface area contributed by atoms with E-state index in [1.54, 1.807) is 0 Å². The Kier molecular flexibility index (Phi) is 7.29. The van der Waals surface area contributed by atoms with Crippen LogP contribution >= 0.6 is 0 Å². The third-order valence-corrected chi connectivity index (χ3v) is 6.95. The van der Waals surface area contributed by atoms with E-state index < -0.39 is 0 Å². The Hall–Kier alpha value is -1.80. The third kappa shape index (κ3) is 5.27. The van der Waals surface area contributed by atoms with Crippen LogP contribution < -0.4 is 17.2 Å². The van der Waals surface area contributed by atoms with Crippen molar-refractivity contribution < 1.29 is 0 Å². The van der Waals surface area contributed by atoms with Crippen molar-refractivity contribution >= 4 is 0 Å². The molecule has 1 saturated heterocycles. The highest BCUT2D eigenvalue weighted by molar-refractivity contribution is 5.15. The first-order valence-corrected chi connectivity index (χ1v) is 11.6. The summed E-state index contributed by atoms with van der Waals surface area (Å²) in [5.41, 5.74) is 13.2. The summed E-state index contributed by atoms with van der Waals surface area (Å²) in [7, 11) is 0. The fraction of sp³-hybridized carbons (Fsp3) is 0.818. The van der Waals surface area contributed by atoms with Gasteiger partial charge in [0.2, 0.25) is 0 Å². The van der Waals surface area contributed by atoms with Gasteiger partial charge in [-0.05, 0) is 49.6 Å². The molecule has 170 valence electrons. The maximum atomic E-state index is 12.3. The van der Waals surface area contributed by atoms with Gasteiger partial charge in [-0.1, -0.05) is 34.1 Å². The summed E-state index contributed by atoms with van der Waals surface area (Å²) >= 11 is 0. The van der Waals surface area contributed by atoms with Crippen LogP contribution in [0.3, 0.4) is 0 Å². The molecule has 8 heteroatoms. The smallest absolute Gasteiger partial charge is 0.343 e. The summed E-state index contributed by atoms with van der Waals surface area (Å²) in [6.07, 6.45) is 6.89. The number of aromatic nitrogens is 3. The summed E-state index contributed by atoms with van der Waals surface area (Å²) in [4.78, 5) is 17.3. The molecule has 0 bridgehead atoms. The summed E-state index contributed by atoms with van der Waals surface area (Å²) in [5, 5.41) is 6.88. The zero-order valence-electron chi connectivity index (χ0n) is 19.3. The average molecular weight is 420 g/mol. The molecule has 0 radical (unpaired) electrons. The molecule has 2 heterocycles. The van der Waals surface area contributed by atoms with Crippen molar-refractivity contribution in [1.82, 2.24) is 24.6 Å². The lowest BCUT2D eigenvalue weighted by Gasteiger charge is -2.46. The molecular weight excluding hydrogens is 378 g/mol. The van der Waals surface area contributed by atoms with E-state index in [9.17, 15) is 4.79 Å². The minimum absolute atomic E-state index is 0.0853. The van der Waals surface area contributed by atoms with E-state index in [4.69, 9.17) is 11.5 Å². The van der Waals surface area contributed by atoms with Crippen molar-refractivity contribution in [2.75, 3.05) is 26.3 Å². The minimum Gasteiger partial charge on any atom is -0.386 e. The fourth-order valence-corrected chi connectivity index (χ4v) is 5.01. The van der Waals surface area contributed by atoms with Gasteiger partial charge in [-0.2, -0.15) is 5.10 Å². The van der Waals surface area contributed by atoms with Gasteiger partial charge in [0.25, 0.3) is 0 Å². The first-order chi connectivity index (χ1) is 14.2. The lowest BCUT2D eigenvalue weighted by molar-refractivity contribution is 0.0340. The quantitative estimate of drug-likeness (QED) is 0.625. The minimum atomic E-state index is -0.0853. The van der Waals surface area contributed by atoms with E-state index in [0.29, 0.717) is 11.9 Å². The zero-order valence-corrected chi connectivity index (χ0v) is 19.3. The molecule has 0 unspecified atom stereocenters. The van der Waals surface area contributed by atoms with Gasteiger partial charge in [-0.15, -0.1) is 0 Å². The molecule has 0 aromatic carbocycles. The predicted octanol–water partition coefficient (Wildman–Crippen LogP) is 2.15. The SMILES string of the molecule is CCCCN1CC(=C(N)N)CN(C2CCC(C)(Cn3c(C(C)C)n[nH]c3=O)CC2)C1. The molecule has 1 aromatic rings. The van der Waals surface area contributed by atoms with Gasteiger partial charge in [0.1, 0.15) is 5.82 Å². The molecule has 1 saturated carbocycles. The molecule has 0 amide bonds. The van der Waals surface area contributed by atoms with E-state index in [2.05, 4.69) is 47.7 Å². The number of rotatable bonds is 7. The average Bonchev–Trinajstić information content (AvgIpc) is 3.06. The number of H-pyrrole nitrogens is 1. The Morgan fingerprint density at radius 2 is 1.97 bits per heavy atom. The van der Waals surface area contributed by atoms with Gasteiger partial charge in [-0.25, -0.2) is 9.89 Å². The lowest BCUT2D eigenvalue weighted by atomic mass is 9.73. The molecule has 3 rings (SSSR count). The van der Waals surface area contributed by atoms with E-state index >= 15 is 0 Å². The molecule has 1 aliphatic heterocycles. The van der Waals surface area contributed by atoms with E-state index in [0.717, 1.165) is 69.9 Å². The molecule has 0 atom stereocenters. The molecule has 2 aliphatic rings. The molecule has 1 aliphatic carbocycles. The Balaban J connectivity index is 1.64. The van der Waals surface area contributed by atoms with Crippen molar-refractivity contribution in [3.05, 3.63) is 27.7 Å². The van der Waals surface area contributed by atoms with E-state index in [-0.39, 0.29) is 17.0 Å². The number of nitrogens with two attached hydrogens (primary N) is 2. The van der Waals surface area contributed by atoms with Gasteiger partial charge >= 0.3 is 5.69 Å². The second-order valence-electron chi connectivity index (χ2n) is 10.0. The van der Waals surface area contributed by atoms with Crippen LogP contribution in [0.4, 0.5) is 0 Å². The Labute approximate surface area is 180 Å². The van der Waals surface area contributed by atoms with Gasteiger partial charge in [0.05, 0.1) is 12.5 Å². The zero-order chi connectivity index (χ0) is 21.9. The number of nitrogens with one attached hydrogen (secondary N) is 1. The molecule has 8 nitrogen and oxygen atoms in total. The van der Waals surface area contributed by atoms with Gasteiger partial charge in [-0.3, -0.25) is 14.4 Å². The first kappa shape index (κ1) is 22.9. The molecule has 5 N–H and O–H groups in total. The van der Waals surface area contributed by atoms with E-state index in [1.165, 1.54) is 12.8 Å². The molecule has 2 fully saturated rings. The molecule has 0 spiro atoms. The lowest BCUT2D eigenvalue weighted by Crippen LogP contribution is -2.53. The summed E-state index contributed by atoms with van der Waals surface area (Å²) < 4.78 is 1.86. The standard InChI is InChI=1S/C22H41N7O/c1-5-6-11-27-12-17(19(23)24)13-28(15-27)18-7-9-22(4,10-8-18)14-29-20(16(2)3)25-26-21(29)30/h16,18H,5-15,23-24H2,1-4H3,(H,26,30).